The van der Waals surface area contributed by atoms with Crippen molar-refractivity contribution in [3.8, 4) is 5.75 Å². The van der Waals surface area contributed by atoms with E-state index >= 15 is 0 Å². The highest BCUT2D eigenvalue weighted by molar-refractivity contribution is 8.26. The van der Waals surface area contributed by atoms with Crippen LogP contribution in [-0.2, 0) is 0 Å². The van der Waals surface area contributed by atoms with E-state index in [2.05, 4.69) is 16.5 Å². The fraction of sp³-hybridized carbons (Fsp3) is 0.222. The summed E-state index contributed by atoms with van der Waals surface area (Å²) in [7, 11) is 1.68. The van der Waals surface area contributed by atoms with Crippen LogP contribution in [-0.4, -0.2) is 12.7 Å². The molecule has 1 heterocycles. The third-order valence-corrected chi connectivity index (χ3v) is 3.93. The molecule has 1 aromatic carbocycles. The minimum atomic E-state index is 0.422. The first-order valence-corrected chi connectivity index (χ1v) is 5.65. The first-order chi connectivity index (χ1) is 6.40. The normalized spacial score (nSPS) is 20.5. The number of benzene rings is 1. The number of hydrogen-bond acceptors (Lipinski definition) is 4. The van der Waals surface area contributed by atoms with Gasteiger partial charge >= 0.3 is 0 Å². The molecule has 0 spiro atoms. The maximum Gasteiger partial charge on any atom is 0.118 e. The molecule has 1 unspecified atom stereocenters. The van der Waals surface area contributed by atoms with E-state index in [1.807, 2.05) is 17.7 Å². The van der Waals surface area contributed by atoms with Gasteiger partial charge in [-0.1, -0.05) is 23.9 Å². The molecule has 1 aromatic rings. The molecule has 0 aromatic heterocycles. The van der Waals surface area contributed by atoms with Gasteiger partial charge in [0.2, 0.25) is 0 Å². The maximum atomic E-state index is 5.09. The van der Waals surface area contributed by atoms with Crippen molar-refractivity contribution in [1.82, 2.24) is 0 Å². The van der Waals surface area contributed by atoms with E-state index in [-0.39, 0.29) is 0 Å². The lowest BCUT2D eigenvalue weighted by Gasteiger charge is -2.06. The summed E-state index contributed by atoms with van der Waals surface area (Å²) in [5.74, 6) is 0.901. The van der Waals surface area contributed by atoms with Gasteiger partial charge in [-0.25, -0.2) is 4.40 Å². The summed E-state index contributed by atoms with van der Waals surface area (Å²) in [5, 5.41) is 0. The SMILES string of the molecule is COc1ccc(C2SC=NS2)cc1. The molecule has 0 radical (unpaired) electrons. The van der Waals surface area contributed by atoms with Gasteiger partial charge in [-0.05, 0) is 29.6 Å². The fourth-order valence-corrected chi connectivity index (χ4v) is 2.79. The molecule has 0 N–H and O–H groups in total. The minimum absolute atomic E-state index is 0.422. The molecule has 0 saturated heterocycles. The highest BCUT2D eigenvalue weighted by atomic mass is 32.2. The van der Waals surface area contributed by atoms with Gasteiger partial charge in [-0.2, -0.15) is 0 Å². The molecule has 0 amide bonds. The van der Waals surface area contributed by atoms with Crippen molar-refractivity contribution < 1.29 is 4.74 Å². The topological polar surface area (TPSA) is 21.6 Å². The summed E-state index contributed by atoms with van der Waals surface area (Å²) in [5.41, 5.74) is 3.17. The lowest BCUT2D eigenvalue weighted by atomic mass is 10.2. The second-order valence-electron chi connectivity index (χ2n) is 2.56. The van der Waals surface area contributed by atoms with E-state index in [0.717, 1.165) is 5.75 Å². The van der Waals surface area contributed by atoms with E-state index in [9.17, 15) is 0 Å². The van der Waals surface area contributed by atoms with Crippen LogP contribution in [0.25, 0.3) is 0 Å². The lowest BCUT2D eigenvalue weighted by Crippen LogP contribution is -1.86. The number of nitrogens with zero attached hydrogens (tertiary/aromatic N) is 1. The van der Waals surface area contributed by atoms with E-state index in [1.165, 1.54) is 5.56 Å². The monoisotopic (exact) mass is 211 g/mol. The number of methoxy groups -OCH3 is 1. The van der Waals surface area contributed by atoms with Crippen molar-refractivity contribution in [2.24, 2.45) is 4.40 Å². The smallest absolute Gasteiger partial charge is 0.118 e. The van der Waals surface area contributed by atoms with Gasteiger partial charge in [0.15, 0.2) is 0 Å². The van der Waals surface area contributed by atoms with Crippen LogP contribution in [0.4, 0.5) is 0 Å². The molecule has 0 saturated carbocycles. The molecule has 13 heavy (non-hydrogen) atoms. The molecule has 0 fully saturated rings. The molecule has 1 aliphatic heterocycles. The van der Waals surface area contributed by atoms with Crippen molar-refractivity contribution in [3.05, 3.63) is 29.8 Å². The Bertz CT molecular complexity index is 302. The van der Waals surface area contributed by atoms with Crippen LogP contribution in [0.15, 0.2) is 28.7 Å². The summed E-state index contributed by atoms with van der Waals surface area (Å²) >= 11 is 3.34. The van der Waals surface area contributed by atoms with E-state index in [1.54, 1.807) is 30.8 Å². The third kappa shape index (κ3) is 2.00. The quantitative estimate of drug-likeness (QED) is 0.701. The number of thioether (sulfide) groups is 1. The van der Waals surface area contributed by atoms with E-state index in [0.29, 0.717) is 4.58 Å². The Kier molecular flexibility index (Phi) is 2.80. The Balaban J connectivity index is 2.13. The fourth-order valence-electron chi connectivity index (χ4n) is 1.09. The molecule has 68 valence electrons. The summed E-state index contributed by atoms with van der Waals surface area (Å²) < 4.78 is 9.62. The van der Waals surface area contributed by atoms with Gasteiger partial charge in [-0.15, -0.1) is 0 Å². The average molecular weight is 211 g/mol. The Hall–Kier alpha value is -0.610. The Labute approximate surface area is 85.9 Å². The highest BCUT2D eigenvalue weighted by Gasteiger charge is 2.15. The maximum absolute atomic E-state index is 5.09. The molecule has 0 bridgehead atoms. The van der Waals surface area contributed by atoms with Crippen molar-refractivity contribution in [2.45, 2.75) is 4.58 Å². The van der Waals surface area contributed by atoms with Crippen LogP contribution in [0, 0.1) is 0 Å². The predicted molar refractivity (Wildman–Crippen MR) is 59.4 cm³/mol. The predicted octanol–water partition coefficient (Wildman–Crippen LogP) is 3.12. The van der Waals surface area contributed by atoms with Crippen molar-refractivity contribution in [2.75, 3.05) is 7.11 Å². The largest absolute Gasteiger partial charge is 0.497 e. The second kappa shape index (κ2) is 4.07. The molecule has 4 heteroatoms. The molecule has 1 aliphatic rings. The first kappa shape index (κ1) is 8.97. The van der Waals surface area contributed by atoms with E-state index in [4.69, 9.17) is 4.74 Å². The Morgan fingerprint density at radius 2 is 2.08 bits per heavy atom. The molecule has 2 rings (SSSR count). The van der Waals surface area contributed by atoms with Crippen molar-refractivity contribution in [1.29, 1.82) is 0 Å². The summed E-state index contributed by atoms with van der Waals surface area (Å²) in [6.07, 6.45) is 0. The number of hydrogen-bond donors (Lipinski definition) is 0. The zero-order valence-corrected chi connectivity index (χ0v) is 8.77. The molecular formula is C9H9NOS2. The summed E-state index contributed by atoms with van der Waals surface area (Å²) in [4.78, 5) is 0. The first-order valence-electron chi connectivity index (χ1n) is 3.87. The Morgan fingerprint density at radius 1 is 1.31 bits per heavy atom. The van der Waals surface area contributed by atoms with Crippen LogP contribution in [0.3, 0.4) is 0 Å². The van der Waals surface area contributed by atoms with Crippen LogP contribution in [0.5, 0.6) is 5.75 Å². The second-order valence-corrected chi connectivity index (χ2v) is 4.70. The zero-order valence-electron chi connectivity index (χ0n) is 7.14. The average Bonchev–Trinajstić information content (AvgIpc) is 2.71. The summed E-state index contributed by atoms with van der Waals surface area (Å²) in [6.45, 7) is 0. The van der Waals surface area contributed by atoms with Gasteiger partial charge in [0.1, 0.15) is 10.3 Å². The third-order valence-electron chi connectivity index (χ3n) is 1.77. The van der Waals surface area contributed by atoms with Gasteiger partial charge in [-0.3, -0.25) is 0 Å². The van der Waals surface area contributed by atoms with Gasteiger partial charge in [0.25, 0.3) is 0 Å². The van der Waals surface area contributed by atoms with Crippen molar-refractivity contribution >= 4 is 29.3 Å². The van der Waals surface area contributed by atoms with Gasteiger partial charge < -0.3 is 4.74 Å². The molecular weight excluding hydrogens is 202 g/mol. The molecule has 2 nitrogen and oxygen atoms in total. The summed E-state index contributed by atoms with van der Waals surface area (Å²) in [6, 6.07) is 8.12. The van der Waals surface area contributed by atoms with Crippen LogP contribution < -0.4 is 4.74 Å². The van der Waals surface area contributed by atoms with Gasteiger partial charge in [0.05, 0.1) is 12.7 Å². The van der Waals surface area contributed by atoms with Crippen LogP contribution >= 0.6 is 23.7 Å². The molecule has 1 atom stereocenters. The lowest BCUT2D eigenvalue weighted by molar-refractivity contribution is 0.414. The standard InChI is InChI=1S/C9H9NOS2/c1-11-8-4-2-7(3-5-8)9-12-6-10-13-9/h2-6,9H,1H3. The van der Waals surface area contributed by atoms with Crippen LogP contribution in [0.2, 0.25) is 0 Å². The minimum Gasteiger partial charge on any atom is -0.497 e. The highest BCUT2D eigenvalue weighted by Crippen LogP contribution is 2.43. The zero-order chi connectivity index (χ0) is 9.10. The van der Waals surface area contributed by atoms with E-state index < -0.39 is 0 Å². The Morgan fingerprint density at radius 3 is 2.62 bits per heavy atom. The van der Waals surface area contributed by atoms with Gasteiger partial charge in [0, 0.05) is 0 Å². The number of ether oxygens (including phenoxy) is 1. The van der Waals surface area contributed by atoms with Crippen LogP contribution in [0.1, 0.15) is 10.1 Å². The number of rotatable bonds is 2. The molecule has 0 aliphatic carbocycles. The van der Waals surface area contributed by atoms with Crippen molar-refractivity contribution in [3.63, 3.8) is 0 Å².